The van der Waals surface area contributed by atoms with Crippen LogP contribution in [0.3, 0.4) is 0 Å². The molecule has 1 aromatic rings. The van der Waals surface area contributed by atoms with Crippen molar-refractivity contribution in [1.82, 2.24) is 4.90 Å². The van der Waals surface area contributed by atoms with Crippen LogP contribution in [0.4, 0.5) is 0 Å². The maximum absolute atomic E-state index is 12.1. The van der Waals surface area contributed by atoms with Crippen LogP contribution in [0, 0.1) is 0 Å². The summed E-state index contributed by atoms with van der Waals surface area (Å²) in [5.74, 6) is 0.121. The summed E-state index contributed by atoms with van der Waals surface area (Å²) in [6, 6.07) is 9.96. The van der Waals surface area contributed by atoms with E-state index in [1.807, 2.05) is 37.3 Å². The highest BCUT2D eigenvalue weighted by molar-refractivity contribution is 5.96. The summed E-state index contributed by atoms with van der Waals surface area (Å²) in [5.41, 5.74) is 1.15. The van der Waals surface area contributed by atoms with Gasteiger partial charge in [-0.15, -0.1) is 0 Å². The Kier molecular flexibility index (Phi) is 4.13. The van der Waals surface area contributed by atoms with Crippen LogP contribution in [0.15, 0.2) is 30.3 Å². The van der Waals surface area contributed by atoms with Crippen molar-refractivity contribution in [3.63, 3.8) is 0 Å². The largest absolute Gasteiger partial charge is 0.283 e. The molecule has 0 radical (unpaired) electrons. The van der Waals surface area contributed by atoms with E-state index in [9.17, 15) is 9.59 Å². The summed E-state index contributed by atoms with van der Waals surface area (Å²) in [7, 11) is 0. The third-order valence-electron chi connectivity index (χ3n) is 3.47. The van der Waals surface area contributed by atoms with Crippen molar-refractivity contribution in [2.45, 2.75) is 38.5 Å². The lowest BCUT2D eigenvalue weighted by atomic mass is 9.97. The molecule has 1 heterocycles. The third-order valence-corrected chi connectivity index (χ3v) is 3.47. The average Bonchev–Trinajstić information content (AvgIpc) is 2.40. The summed E-state index contributed by atoms with van der Waals surface area (Å²) in [6.45, 7) is 2.63. The molecule has 96 valence electrons. The van der Waals surface area contributed by atoms with Gasteiger partial charge in [-0.2, -0.15) is 0 Å². The number of benzene rings is 1. The van der Waals surface area contributed by atoms with Crippen molar-refractivity contribution in [3.8, 4) is 0 Å². The fourth-order valence-electron chi connectivity index (χ4n) is 2.34. The predicted octanol–water partition coefficient (Wildman–Crippen LogP) is 2.72. The number of nitrogens with zero attached hydrogens (tertiary/aromatic N) is 1. The third kappa shape index (κ3) is 2.97. The molecule has 3 nitrogen and oxygen atoms in total. The quantitative estimate of drug-likeness (QED) is 0.821. The van der Waals surface area contributed by atoms with E-state index in [1.165, 1.54) is 4.90 Å². The van der Waals surface area contributed by atoms with E-state index >= 15 is 0 Å². The number of likely N-dealkylation sites (tertiary alicyclic amines) is 1. The van der Waals surface area contributed by atoms with Crippen molar-refractivity contribution in [2.24, 2.45) is 0 Å². The Bertz CT molecular complexity index is 427. The van der Waals surface area contributed by atoms with Crippen molar-refractivity contribution in [1.29, 1.82) is 0 Å². The topological polar surface area (TPSA) is 37.4 Å². The van der Waals surface area contributed by atoms with E-state index in [0.29, 0.717) is 19.4 Å². The molecule has 0 aliphatic carbocycles. The zero-order valence-corrected chi connectivity index (χ0v) is 10.8. The highest BCUT2D eigenvalue weighted by Gasteiger charge is 2.25. The second-order valence-corrected chi connectivity index (χ2v) is 4.91. The van der Waals surface area contributed by atoms with Crippen LogP contribution in [0.5, 0.6) is 0 Å². The molecular weight excluding hydrogens is 226 g/mol. The van der Waals surface area contributed by atoms with Gasteiger partial charge in [-0.25, -0.2) is 0 Å². The number of carbonyl (C=O) groups is 2. The van der Waals surface area contributed by atoms with Crippen molar-refractivity contribution in [3.05, 3.63) is 35.9 Å². The number of piperidine rings is 1. The van der Waals surface area contributed by atoms with Crippen molar-refractivity contribution in [2.75, 3.05) is 6.54 Å². The number of hydrogen-bond acceptors (Lipinski definition) is 2. The standard InChI is InChI=1S/C15H19NO2/c1-12(13-7-3-2-4-8-13)11-15(18)16-10-6-5-9-14(16)17/h2-4,7-8,12H,5-6,9-11H2,1H3. The molecule has 1 atom stereocenters. The fourth-order valence-corrected chi connectivity index (χ4v) is 2.34. The Balaban J connectivity index is 1.96. The van der Waals surface area contributed by atoms with Crippen LogP contribution < -0.4 is 0 Å². The monoisotopic (exact) mass is 245 g/mol. The number of rotatable bonds is 3. The van der Waals surface area contributed by atoms with Gasteiger partial charge < -0.3 is 0 Å². The molecule has 2 rings (SSSR count). The Morgan fingerprint density at radius 1 is 1.28 bits per heavy atom. The van der Waals surface area contributed by atoms with Crippen LogP contribution in [0.25, 0.3) is 0 Å². The van der Waals surface area contributed by atoms with E-state index < -0.39 is 0 Å². The van der Waals surface area contributed by atoms with E-state index in [2.05, 4.69) is 0 Å². The first-order chi connectivity index (χ1) is 8.68. The fraction of sp³-hybridized carbons (Fsp3) is 0.467. The summed E-state index contributed by atoms with van der Waals surface area (Å²) in [5, 5.41) is 0. The highest BCUT2D eigenvalue weighted by Crippen LogP contribution is 2.21. The second-order valence-electron chi connectivity index (χ2n) is 4.91. The van der Waals surface area contributed by atoms with Gasteiger partial charge in [0.1, 0.15) is 0 Å². The maximum Gasteiger partial charge on any atom is 0.229 e. The minimum atomic E-state index is -0.0314. The zero-order chi connectivity index (χ0) is 13.0. The van der Waals surface area contributed by atoms with Crippen LogP contribution in [0.2, 0.25) is 0 Å². The van der Waals surface area contributed by atoms with Gasteiger partial charge in [-0.05, 0) is 24.3 Å². The predicted molar refractivity (Wildman–Crippen MR) is 70.0 cm³/mol. The van der Waals surface area contributed by atoms with E-state index in [-0.39, 0.29) is 17.7 Å². The van der Waals surface area contributed by atoms with Gasteiger partial charge in [0.2, 0.25) is 11.8 Å². The van der Waals surface area contributed by atoms with Crippen molar-refractivity contribution >= 4 is 11.8 Å². The van der Waals surface area contributed by atoms with E-state index in [1.54, 1.807) is 0 Å². The van der Waals surface area contributed by atoms with Crippen LogP contribution >= 0.6 is 0 Å². The Labute approximate surface area is 108 Å². The van der Waals surface area contributed by atoms with Gasteiger partial charge in [0.25, 0.3) is 0 Å². The van der Waals surface area contributed by atoms with Gasteiger partial charge in [0.05, 0.1) is 0 Å². The second kappa shape index (κ2) is 5.80. The number of amides is 2. The summed E-state index contributed by atoms with van der Waals surface area (Å²) in [4.78, 5) is 25.2. The minimum absolute atomic E-state index is 0.00786. The maximum atomic E-state index is 12.1. The van der Waals surface area contributed by atoms with Gasteiger partial charge >= 0.3 is 0 Å². The Morgan fingerprint density at radius 2 is 2.00 bits per heavy atom. The summed E-state index contributed by atoms with van der Waals surface area (Å²) >= 11 is 0. The summed E-state index contributed by atoms with van der Waals surface area (Å²) < 4.78 is 0. The smallest absolute Gasteiger partial charge is 0.229 e. The average molecular weight is 245 g/mol. The molecule has 18 heavy (non-hydrogen) atoms. The van der Waals surface area contributed by atoms with Gasteiger partial charge in [-0.1, -0.05) is 37.3 Å². The van der Waals surface area contributed by atoms with Crippen LogP contribution in [0.1, 0.15) is 44.1 Å². The van der Waals surface area contributed by atoms with E-state index in [0.717, 1.165) is 18.4 Å². The van der Waals surface area contributed by atoms with Crippen molar-refractivity contribution < 1.29 is 9.59 Å². The molecule has 0 bridgehead atoms. The molecule has 1 fully saturated rings. The molecule has 0 aromatic heterocycles. The number of hydrogen-bond donors (Lipinski definition) is 0. The lowest BCUT2D eigenvalue weighted by Gasteiger charge is -2.26. The van der Waals surface area contributed by atoms with E-state index in [4.69, 9.17) is 0 Å². The lowest BCUT2D eigenvalue weighted by molar-refractivity contribution is -0.146. The van der Waals surface area contributed by atoms with Gasteiger partial charge in [0, 0.05) is 19.4 Å². The van der Waals surface area contributed by atoms with Crippen LogP contribution in [-0.2, 0) is 9.59 Å². The highest BCUT2D eigenvalue weighted by atomic mass is 16.2. The Hall–Kier alpha value is -1.64. The molecule has 1 aromatic carbocycles. The lowest BCUT2D eigenvalue weighted by Crippen LogP contribution is -2.40. The minimum Gasteiger partial charge on any atom is -0.283 e. The molecule has 0 N–H and O–H groups in total. The molecule has 0 spiro atoms. The number of carbonyl (C=O) groups excluding carboxylic acids is 2. The summed E-state index contributed by atoms with van der Waals surface area (Å²) in [6.07, 6.45) is 2.79. The molecule has 1 unspecified atom stereocenters. The van der Waals surface area contributed by atoms with Gasteiger partial charge in [0.15, 0.2) is 0 Å². The molecule has 2 amide bonds. The van der Waals surface area contributed by atoms with Gasteiger partial charge in [-0.3, -0.25) is 14.5 Å². The molecule has 0 saturated carbocycles. The first-order valence-electron chi connectivity index (χ1n) is 6.56. The normalized spacial score (nSPS) is 17.6. The first kappa shape index (κ1) is 12.8. The molecule has 3 heteroatoms. The number of imide groups is 1. The zero-order valence-electron chi connectivity index (χ0n) is 10.8. The molecule has 1 aliphatic rings. The molecule has 1 aliphatic heterocycles. The Morgan fingerprint density at radius 3 is 2.67 bits per heavy atom. The molecular formula is C15H19NO2. The SMILES string of the molecule is CC(CC(=O)N1CCCCC1=O)c1ccccc1. The van der Waals surface area contributed by atoms with Crippen LogP contribution in [-0.4, -0.2) is 23.3 Å². The molecule has 1 saturated heterocycles. The first-order valence-corrected chi connectivity index (χ1v) is 6.56.